The van der Waals surface area contributed by atoms with Crippen LogP contribution in [0.1, 0.15) is 44.6 Å². The number of aliphatic carboxylic acids is 1. The Balaban J connectivity index is 0.00000361. The van der Waals surface area contributed by atoms with E-state index in [0.717, 1.165) is 0 Å². The van der Waals surface area contributed by atoms with Crippen LogP contribution in [0.3, 0.4) is 0 Å². The minimum Gasteiger partial charge on any atom is -0.543 e. The second kappa shape index (κ2) is 11.7. The molecule has 1 aromatic rings. The first kappa shape index (κ1) is 29.4. The Morgan fingerprint density at radius 2 is 2.00 bits per heavy atom. The second-order valence-corrected chi connectivity index (χ2v) is 12.1. The van der Waals surface area contributed by atoms with Gasteiger partial charge in [-0.15, -0.1) is 23.1 Å². The fourth-order valence-corrected chi connectivity index (χ4v) is 7.38. The van der Waals surface area contributed by atoms with E-state index in [4.69, 9.17) is 0 Å². The number of hydrogen-bond acceptors (Lipinski definition) is 10. The van der Waals surface area contributed by atoms with Gasteiger partial charge in [-0.3, -0.25) is 9.59 Å². The number of hydrogen-bond donors (Lipinski definition) is 3. The van der Waals surface area contributed by atoms with Gasteiger partial charge in [0.15, 0.2) is 5.13 Å². The summed E-state index contributed by atoms with van der Waals surface area (Å²) in [6.45, 7) is 8.61. The summed E-state index contributed by atoms with van der Waals surface area (Å²) in [7, 11) is 0. The molecule has 4 rings (SSSR count). The van der Waals surface area contributed by atoms with Gasteiger partial charge >= 0.3 is 29.6 Å². The van der Waals surface area contributed by atoms with Crippen LogP contribution in [0.4, 0.5) is 5.13 Å². The van der Waals surface area contributed by atoms with E-state index in [1.165, 1.54) is 28.0 Å². The third-order valence-electron chi connectivity index (χ3n) is 6.75. The van der Waals surface area contributed by atoms with Crippen LogP contribution >= 0.6 is 23.1 Å². The molecule has 0 saturated carbocycles. The molecule has 0 unspecified atom stereocenters. The van der Waals surface area contributed by atoms with Gasteiger partial charge in [0, 0.05) is 34.5 Å². The van der Waals surface area contributed by atoms with Crippen LogP contribution in [0.15, 0.2) is 16.0 Å². The number of carbonyl (C=O) groups is 3. The summed E-state index contributed by atoms with van der Waals surface area (Å²) in [6.07, 6.45) is -0.166. The van der Waals surface area contributed by atoms with E-state index in [1.54, 1.807) is 12.3 Å². The topological polar surface area (TPSA) is 146 Å². The molecule has 0 spiro atoms. The second-order valence-electron chi connectivity index (χ2n) is 9.90. The zero-order valence-corrected chi connectivity index (χ0v) is 24.8. The Morgan fingerprint density at radius 3 is 2.56 bits per heavy atom. The molecular weight excluding hydrogens is 515 g/mol. The van der Waals surface area contributed by atoms with Crippen LogP contribution in [0.2, 0.25) is 0 Å². The number of thioether (sulfide) groups is 1. The Kier molecular flexibility index (Phi) is 9.57. The Hall–Kier alpha value is -1.15. The number of carboxylic acid groups (broad SMARTS) is 1. The monoisotopic (exact) mass is 546 g/mol. The predicted octanol–water partition coefficient (Wildman–Crippen LogP) is -2.98. The van der Waals surface area contributed by atoms with Gasteiger partial charge in [0.05, 0.1) is 42.4 Å². The molecule has 2 amide bonds. The van der Waals surface area contributed by atoms with Crippen molar-refractivity contribution in [3.05, 3.63) is 21.7 Å². The molecule has 192 valence electrons. The number of rotatable bonds is 10. The van der Waals surface area contributed by atoms with Crippen molar-refractivity contribution < 1.29 is 59.3 Å². The quantitative estimate of drug-likeness (QED) is 0.207. The maximum atomic E-state index is 12.5. The van der Waals surface area contributed by atoms with Gasteiger partial charge in [-0.05, 0) is 19.3 Å². The molecule has 0 aromatic carbocycles. The van der Waals surface area contributed by atoms with Crippen LogP contribution in [0, 0.1) is 17.8 Å². The smallest absolute Gasteiger partial charge is 0.543 e. The van der Waals surface area contributed by atoms with Gasteiger partial charge < -0.3 is 35.2 Å². The third-order valence-corrected chi connectivity index (χ3v) is 9.10. The third kappa shape index (κ3) is 5.50. The molecular formula is C23H31N4NaO6S2. The number of fused-ring (bicyclic) bond motifs is 1. The number of thiazole rings is 1. The van der Waals surface area contributed by atoms with E-state index >= 15 is 0 Å². The summed E-state index contributed by atoms with van der Waals surface area (Å²) < 4.78 is 0. The van der Waals surface area contributed by atoms with Crippen molar-refractivity contribution in [2.24, 2.45) is 17.8 Å². The predicted molar refractivity (Wildman–Crippen MR) is 131 cm³/mol. The van der Waals surface area contributed by atoms with E-state index in [2.05, 4.69) is 10.3 Å². The SMILES string of the molecule is CC(C)C[C@@H](CO)NC(=O)c1csc(N2CC(SC3=C(C(=O)[O-])N4C(=O)[C@H]([C@@H](C)O)[C@H]4[C@H]3C)C2)n1.[Na+]. The van der Waals surface area contributed by atoms with Crippen LogP contribution in [-0.4, -0.2) is 81.0 Å². The molecule has 2 fully saturated rings. The molecule has 4 heterocycles. The van der Waals surface area contributed by atoms with Crippen molar-refractivity contribution >= 4 is 46.0 Å². The molecule has 3 N–H and O–H groups in total. The molecule has 3 aliphatic rings. The average Bonchev–Trinajstić information content (AvgIpc) is 3.31. The zero-order chi connectivity index (χ0) is 25.6. The van der Waals surface area contributed by atoms with Crippen LogP contribution in [0.5, 0.6) is 0 Å². The number of anilines is 1. The number of aliphatic hydroxyl groups excluding tert-OH is 2. The fourth-order valence-electron chi connectivity index (χ4n) is 5.04. The molecule has 3 aliphatic heterocycles. The Bertz CT molecular complexity index is 1040. The average molecular weight is 547 g/mol. The van der Waals surface area contributed by atoms with Gasteiger partial charge in [0.1, 0.15) is 5.69 Å². The maximum absolute atomic E-state index is 12.5. The minimum absolute atomic E-state index is 0. The van der Waals surface area contributed by atoms with Gasteiger partial charge in [0.25, 0.3) is 5.91 Å². The van der Waals surface area contributed by atoms with E-state index in [0.29, 0.717) is 41.2 Å². The van der Waals surface area contributed by atoms with E-state index in [9.17, 15) is 29.7 Å². The molecule has 1 aromatic heterocycles. The van der Waals surface area contributed by atoms with Gasteiger partial charge in [0.2, 0.25) is 5.91 Å². The summed E-state index contributed by atoms with van der Waals surface area (Å²) >= 11 is 2.80. The first-order chi connectivity index (χ1) is 16.5. The number of β-lactam (4-membered cyclic amide) rings is 1. The largest absolute Gasteiger partial charge is 1.00 e. The molecule has 5 atom stereocenters. The van der Waals surface area contributed by atoms with Crippen LogP contribution in [-0.2, 0) is 9.59 Å². The number of amides is 2. The van der Waals surface area contributed by atoms with Crippen molar-refractivity contribution in [3.8, 4) is 0 Å². The van der Waals surface area contributed by atoms with Crippen molar-refractivity contribution in [3.63, 3.8) is 0 Å². The molecule has 2 saturated heterocycles. The fraction of sp³-hybridized carbons (Fsp3) is 0.652. The van der Waals surface area contributed by atoms with E-state index in [1.807, 2.05) is 25.7 Å². The number of aromatic nitrogens is 1. The minimum atomic E-state index is -1.37. The molecule has 36 heavy (non-hydrogen) atoms. The molecule has 10 nitrogen and oxygen atoms in total. The summed E-state index contributed by atoms with van der Waals surface area (Å²) in [4.78, 5) is 45.2. The van der Waals surface area contributed by atoms with Crippen LogP contribution in [0.25, 0.3) is 0 Å². The number of aliphatic hydroxyl groups is 2. The molecule has 0 radical (unpaired) electrons. The van der Waals surface area contributed by atoms with E-state index < -0.39 is 18.0 Å². The molecule has 0 bridgehead atoms. The first-order valence-electron chi connectivity index (χ1n) is 11.8. The maximum Gasteiger partial charge on any atom is 1.00 e. The summed E-state index contributed by atoms with van der Waals surface area (Å²) in [5, 5.41) is 36.7. The molecule has 0 aliphatic carbocycles. The summed E-state index contributed by atoms with van der Waals surface area (Å²) in [5.74, 6) is -2.51. The standard InChI is InChI=1S/C23H32N4O6S2.Na/c1-10(2)5-13(8-28)24-20(30)15-9-34-23(25-15)26-6-14(7-26)35-19-11(3)17-16(12(4)29)21(31)27(17)18(19)22(32)33;/h9-14,16-17,28-29H,5-8H2,1-4H3,(H,24,30)(H,32,33);/q;+1/p-1/t11-,12-,13+,16-,17-;/m1./s1. The zero-order valence-electron chi connectivity index (χ0n) is 21.1. The van der Waals surface area contributed by atoms with Crippen molar-refractivity contribution in [1.82, 2.24) is 15.2 Å². The number of carbonyl (C=O) groups excluding carboxylic acids is 3. The normalized spacial score (nSPS) is 25.2. The number of nitrogens with zero attached hydrogens (tertiary/aromatic N) is 3. The summed E-state index contributed by atoms with van der Waals surface area (Å²) in [5.41, 5.74) is 0.239. The van der Waals surface area contributed by atoms with E-state index in [-0.39, 0.29) is 76.9 Å². The Morgan fingerprint density at radius 1 is 1.33 bits per heavy atom. The number of carboxylic acids is 1. The first-order valence-corrected chi connectivity index (χ1v) is 13.5. The molecule has 13 heteroatoms. The van der Waals surface area contributed by atoms with Crippen LogP contribution < -0.4 is 44.9 Å². The number of nitrogens with one attached hydrogen (secondary N) is 1. The summed E-state index contributed by atoms with van der Waals surface area (Å²) in [6, 6.07) is -0.670. The van der Waals surface area contributed by atoms with Crippen molar-refractivity contribution in [2.75, 3.05) is 24.6 Å². The van der Waals surface area contributed by atoms with Gasteiger partial charge in [-0.25, -0.2) is 4.98 Å². The Labute approximate surface area is 240 Å². The van der Waals surface area contributed by atoms with Crippen molar-refractivity contribution in [1.29, 1.82) is 0 Å². The van der Waals surface area contributed by atoms with Crippen molar-refractivity contribution in [2.45, 2.75) is 57.6 Å². The van der Waals surface area contributed by atoms with Gasteiger partial charge in [-0.1, -0.05) is 20.8 Å². The van der Waals surface area contributed by atoms with Gasteiger partial charge in [-0.2, -0.15) is 0 Å².